The Balaban J connectivity index is 0.000000459. The first-order valence-electron chi connectivity index (χ1n) is 19.2. The summed E-state index contributed by atoms with van der Waals surface area (Å²) in [6.07, 6.45) is 8.43. The number of nitrogens with one attached hydrogen (secondary N) is 1. The Morgan fingerprint density at radius 3 is 2.44 bits per heavy atom. The quantitative estimate of drug-likeness (QED) is 0.322. The Kier molecular flexibility index (Phi) is 13.7. The van der Waals surface area contributed by atoms with E-state index in [1.165, 1.54) is 11.1 Å². The van der Waals surface area contributed by atoms with Gasteiger partial charge in [0, 0.05) is 35.0 Å². The van der Waals surface area contributed by atoms with Crippen LogP contribution in [0, 0.1) is 23.7 Å². The molecule has 10 nitrogen and oxygen atoms in total. The third kappa shape index (κ3) is 8.81. The summed E-state index contributed by atoms with van der Waals surface area (Å²) in [6.45, 7) is 11.4. The standard InChI is InChI=1S/C33H41ClN2O5S.C7H17NO2/c1-21-5-3-6-26(18-37)28-11-8-25(28)17-36-19-33(14-4-7-23-15-27(34)10-12-29(23)33)20-41-31-13-9-24(16-30(31)36)32(38)35-42(39,40)22(21)2;1-3-8(4-2)7(5-9)6-10/h9-10,12-13,15-16,18,21-22,25-26,28H,3-8,11,14,17,19-20H2,1-2H3,(H,35,38);7,9-10H,3-6H2,1-2H3/t21-,22+,25-,26?,28+,33-;/m0./s1. The van der Waals surface area contributed by atoms with E-state index in [1.807, 2.05) is 31.7 Å². The largest absolute Gasteiger partial charge is 0.490 e. The number of carbonyl (C=O) groups excluding carboxylic acids is 2. The van der Waals surface area contributed by atoms with Crippen molar-refractivity contribution in [3.63, 3.8) is 0 Å². The number of sulfonamides is 1. The van der Waals surface area contributed by atoms with E-state index >= 15 is 0 Å². The molecule has 4 aliphatic rings. The number of aliphatic hydroxyl groups is 2. The molecule has 2 aliphatic carbocycles. The van der Waals surface area contributed by atoms with Gasteiger partial charge in [0.25, 0.3) is 5.91 Å². The van der Waals surface area contributed by atoms with Gasteiger partial charge < -0.3 is 24.6 Å². The highest BCUT2D eigenvalue weighted by atomic mass is 35.5. The van der Waals surface area contributed by atoms with Crippen LogP contribution in [0.5, 0.6) is 5.75 Å². The number of anilines is 1. The maximum atomic E-state index is 13.3. The minimum Gasteiger partial charge on any atom is -0.490 e. The number of aliphatic hydroxyl groups excluding tert-OH is 2. The summed E-state index contributed by atoms with van der Waals surface area (Å²) in [5.74, 6) is 0.559. The number of ether oxygens (including phenoxy) is 1. The number of aryl methyl sites for hydroxylation is 1. The van der Waals surface area contributed by atoms with Gasteiger partial charge in [0.1, 0.15) is 12.0 Å². The van der Waals surface area contributed by atoms with E-state index < -0.39 is 21.2 Å². The van der Waals surface area contributed by atoms with Crippen LogP contribution in [0.4, 0.5) is 5.69 Å². The zero-order valence-corrected chi connectivity index (χ0v) is 32.8. The molecule has 6 rings (SSSR count). The van der Waals surface area contributed by atoms with Crippen molar-refractivity contribution in [2.24, 2.45) is 23.7 Å². The van der Waals surface area contributed by atoms with Crippen molar-refractivity contribution >= 4 is 39.5 Å². The van der Waals surface area contributed by atoms with Crippen molar-refractivity contribution in [2.75, 3.05) is 50.9 Å². The van der Waals surface area contributed by atoms with E-state index in [1.54, 1.807) is 25.1 Å². The molecule has 1 saturated carbocycles. The lowest BCUT2D eigenvalue weighted by Gasteiger charge is -2.46. The third-order valence-electron chi connectivity index (χ3n) is 12.4. The zero-order valence-electron chi connectivity index (χ0n) is 31.2. The van der Waals surface area contributed by atoms with E-state index in [4.69, 9.17) is 26.6 Å². The highest BCUT2D eigenvalue weighted by Gasteiger charge is 2.44. The lowest BCUT2D eigenvalue weighted by molar-refractivity contribution is -0.115. The van der Waals surface area contributed by atoms with Crippen LogP contribution in [0.1, 0.15) is 94.1 Å². The fraction of sp³-hybridized carbons (Fsp3) is 0.650. The molecule has 1 spiro atoms. The number of amides is 1. The molecule has 1 amide bonds. The summed E-state index contributed by atoms with van der Waals surface area (Å²) in [4.78, 5) is 30.0. The van der Waals surface area contributed by atoms with Gasteiger partial charge in [0.2, 0.25) is 10.0 Å². The molecule has 2 aromatic carbocycles. The summed E-state index contributed by atoms with van der Waals surface area (Å²) in [6, 6.07) is 11.3. The predicted molar refractivity (Wildman–Crippen MR) is 206 cm³/mol. The molecule has 2 aliphatic heterocycles. The Bertz CT molecular complexity index is 1640. The second-order valence-corrected chi connectivity index (χ2v) is 17.9. The molecule has 3 N–H and O–H groups in total. The Morgan fingerprint density at radius 2 is 1.81 bits per heavy atom. The van der Waals surface area contributed by atoms with Gasteiger partial charge in [-0.3, -0.25) is 9.69 Å². The number of rotatable bonds is 6. The van der Waals surface area contributed by atoms with Gasteiger partial charge in [-0.15, -0.1) is 0 Å². The molecule has 2 bridgehead atoms. The SMILES string of the molecule is CCN(CC)C(CO)CO.C[C@@H]1[C@@H](C)CCCC(C=O)[C@@H]2CC[C@H]2CN2C[C@@]3(CCCc4cc(Cl)ccc43)COc3ccc(cc32)C(=O)NS1(=O)=O. The number of halogens is 1. The van der Waals surface area contributed by atoms with Crippen molar-refractivity contribution in [1.29, 1.82) is 0 Å². The van der Waals surface area contributed by atoms with Crippen molar-refractivity contribution in [3.8, 4) is 5.75 Å². The molecule has 1 fully saturated rings. The summed E-state index contributed by atoms with van der Waals surface area (Å²) in [5, 5.41) is 17.5. The molecule has 2 aromatic rings. The molecule has 288 valence electrons. The molecule has 0 radical (unpaired) electrons. The van der Waals surface area contributed by atoms with E-state index in [0.29, 0.717) is 42.7 Å². The molecular formula is C40H58ClN3O7S. The molecule has 6 atom stereocenters. The van der Waals surface area contributed by atoms with Gasteiger partial charge in [-0.1, -0.05) is 44.9 Å². The van der Waals surface area contributed by atoms with Gasteiger partial charge in [-0.2, -0.15) is 0 Å². The number of aldehydes is 1. The second kappa shape index (κ2) is 17.6. The average molecular weight is 760 g/mol. The maximum Gasteiger partial charge on any atom is 0.264 e. The zero-order chi connectivity index (χ0) is 37.6. The summed E-state index contributed by atoms with van der Waals surface area (Å²) in [5.41, 5.74) is 3.37. The molecule has 0 aromatic heterocycles. The van der Waals surface area contributed by atoms with Crippen molar-refractivity contribution < 1.29 is 33.0 Å². The average Bonchev–Trinajstić information content (AvgIpc) is 3.27. The Hall–Kier alpha value is -2.70. The van der Waals surface area contributed by atoms with Crippen LogP contribution in [0.3, 0.4) is 0 Å². The van der Waals surface area contributed by atoms with Crippen LogP contribution >= 0.6 is 11.6 Å². The monoisotopic (exact) mass is 759 g/mol. The third-order valence-corrected chi connectivity index (χ3v) is 14.6. The summed E-state index contributed by atoms with van der Waals surface area (Å²) in [7, 11) is -3.89. The molecule has 1 unspecified atom stereocenters. The Labute approximate surface area is 315 Å². The first-order chi connectivity index (χ1) is 24.9. The number of carbonyl (C=O) groups is 2. The van der Waals surface area contributed by atoms with Gasteiger partial charge in [-0.05, 0) is 124 Å². The minimum atomic E-state index is -3.89. The minimum absolute atomic E-state index is 0.0315. The molecule has 12 heteroatoms. The van der Waals surface area contributed by atoms with Crippen molar-refractivity contribution in [1.82, 2.24) is 9.62 Å². The first kappa shape index (κ1) is 40.5. The van der Waals surface area contributed by atoms with Crippen LogP contribution in [0.2, 0.25) is 5.02 Å². The normalized spacial score (nSPS) is 28.7. The summed E-state index contributed by atoms with van der Waals surface area (Å²) < 4.78 is 35.3. The molecule has 52 heavy (non-hydrogen) atoms. The highest BCUT2D eigenvalue weighted by molar-refractivity contribution is 7.90. The number of hydrogen-bond acceptors (Lipinski definition) is 9. The predicted octanol–water partition coefficient (Wildman–Crippen LogP) is 5.60. The first-order valence-corrected chi connectivity index (χ1v) is 21.1. The van der Waals surface area contributed by atoms with E-state index in [9.17, 15) is 18.0 Å². The van der Waals surface area contributed by atoms with Crippen molar-refractivity contribution in [2.45, 2.75) is 95.8 Å². The lowest BCUT2D eigenvalue weighted by Crippen LogP contribution is -2.49. The second-order valence-electron chi connectivity index (χ2n) is 15.4. The number of fused-ring (bicyclic) bond motifs is 4. The van der Waals surface area contributed by atoms with Crippen LogP contribution in [-0.4, -0.2) is 93.0 Å². The number of nitrogens with zero attached hydrogens (tertiary/aromatic N) is 2. The smallest absolute Gasteiger partial charge is 0.264 e. The summed E-state index contributed by atoms with van der Waals surface area (Å²) >= 11 is 6.39. The molecular weight excluding hydrogens is 702 g/mol. The van der Waals surface area contributed by atoms with E-state index in [0.717, 1.165) is 81.6 Å². The number of benzene rings is 2. The number of hydrogen-bond donors (Lipinski definition) is 3. The number of likely N-dealkylation sites (N-methyl/N-ethyl adjacent to an activating group) is 1. The van der Waals surface area contributed by atoms with Crippen molar-refractivity contribution in [3.05, 3.63) is 58.1 Å². The fourth-order valence-electron chi connectivity index (χ4n) is 8.83. The van der Waals surface area contributed by atoms with Crippen LogP contribution < -0.4 is 14.4 Å². The van der Waals surface area contributed by atoms with Gasteiger partial charge >= 0.3 is 0 Å². The highest BCUT2D eigenvalue weighted by Crippen LogP contribution is 2.47. The fourth-order valence-corrected chi connectivity index (χ4v) is 10.3. The van der Waals surface area contributed by atoms with E-state index in [-0.39, 0.29) is 36.5 Å². The lowest BCUT2D eigenvalue weighted by atomic mass is 9.65. The maximum absolute atomic E-state index is 13.3. The van der Waals surface area contributed by atoms with Crippen LogP contribution in [0.25, 0.3) is 0 Å². The van der Waals surface area contributed by atoms with Crippen LogP contribution in [-0.2, 0) is 26.7 Å². The molecule has 2 heterocycles. The van der Waals surface area contributed by atoms with E-state index in [2.05, 4.69) is 21.8 Å². The Morgan fingerprint density at radius 1 is 1.06 bits per heavy atom. The topological polar surface area (TPSA) is 136 Å². The van der Waals surface area contributed by atoms with Gasteiger partial charge in [0.15, 0.2) is 0 Å². The van der Waals surface area contributed by atoms with Gasteiger partial charge in [0.05, 0.1) is 36.8 Å². The molecule has 0 saturated heterocycles. The van der Waals surface area contributed by atoms with Gasteiger partial charge in [-0.25, -0.2) is 13.1 Å². The van der Waals surface area contributed by atoms with Crippen LogP contribution in [0.15, 0.2) is 36.4 Å².